The van der Waals surface area contributed by atoms with Crippen LogP contribution in [0, 0.1) is 0 Å². The van der Waals surface area contributed by atoms with Gasteiger partial charge in [-0.2, -0.15) is 0 Å². The number of thioether (sulfide) groups is 1. The normalized spacial score (nSPS) is 11.7. The molecule has 0 spiro atoms. The zero-order valence-electron chi connectivity index (χ0n) is 15.5. The molecule has 2 aromatic carbocycles. The number of ether oxygens (including phenoxy) is 2. The van der Waals surface area contributed by atoms with Crippen molar-refractivity contribution >= 4 is 58.3 Å². The van der Waals surface area contributed by atoms with E-state index in [-0.39, 0.29) is 16.3 Å². The predicted molar refractivity (Wildman–Crippen MR) is 115 cm³/mol. The number of hydrogen-bond acceptors (Lipinski definition) is 6. The average Bonchev–Trinajstić information content (AvgIpc) is 2.72. The summed E-state index contributed by atoms with van der Waals surface area (Å²) in [6.45, 7) is 0. The second-order valence-electron chi connectivity index (χ2n) is 5.52. The van der Waals surface area contributed by atoms with E-state index < -0.39 is 11.9 Å². The lowest BCUT2D eigenvalue weighted by molar-refractivity contribution is -0.137. The highest BCUT2D eigenvalue weighted by atomic mass is 35.5. The number of rotatable bonds is 7. The van der Waals surface area contributed by atoms with Crippen molar-refractivity contribution in [2.75, 3.05) is 14.2 Å². The topological polar surface area (TPSA) is 69.7 Å². The minimum absolute atomic E-state index is 0.0437. The van der Waals surface area contributed by atoms with Gasteiger partial charge in [0.1, 0.15) is 4.91 Å². The quantitative estimate of drug-likeness (QED) is 0.328. The van der Waals surface area contributed by atoms with E-state index >= 15 is 0 Å². The van der Waals surface area contributed by atoms with Crippen molar-refractivity contribution in [3.8, 4) is 0 Å². The highest BCUT2D eigenvalue weighted by Gasteiger charge is 2.18. The molecule has 0 aliphatic carbocycles. The number of allylic oxidation sites excluding steroid dienone is 1. The molecule has 150 valence electrons. The lowest BCUT2D eigenvalue weighted by atomic mass is 9.98. The van der Waals surface area contributed by atoms with E-state index in [0.717, 1.165) is 17.8 Å². The minimum Gasteiger partial charge on any atom is -0.466 e. The SMILES string of the molecule is COC(=O)/C=C(\S/C=C(/C(=O)c1cccc(Cl)c1)c1cccc(Cl)c1)C(=O)OC. The highest BCUT2D eigenvalue weighted by Crippen LogP contribution is 2.29. The smallest absolute Gasteiger partial charge is 0.344 e. The summed E-state index contributed by atoms with van der Waals surface area (Å²) >= 11 is 12.9. The van der Waals surface area contributed by atoms with Gasteiger partial charge in [-0.1, -0.05) is 59.2 Å². The Morgan fingerprint density at radius 3 is 2.03 bits per heavy atom. The summed E-state index contributed by atoms with van der Waals surface area (Å²) < 4.78 is 9.24. The van der Waals surface area contributed by atoms with Crippen molar-refractivity contribution < 1.29 is 23.9 Å². The molecule has 0 radical (unpaired) electrons. The van der Waals surface area contributed by atoms with Crippen LogP contribution in [0.15, 0.2) is 64.9 Å². The molecule has 0 aromatic heterocycles. The van der Waals surface area contributed by atoms with Crippen LogP contribution < -0.4 is 0 Å². The lowest BCUT2D eigenvalue weighted by Crippen LogP contribution is -2.06. The maximum atomic E-state index is 13.1. The first-order valence-electron chi connectivity index (χ1n) is 8.16. The first-order valence-corrected chi connectivity index (χ1v) is 9.80. The van der Waals surface area contributed by atoms with Crippen LogP contribution in [0.2, 0.25) is 10.0 Å². The third-order valence-corrected chi connectivity index (χ3v) is 4.97. The van der Waals surface area contributed by atoms with Gasteiger partial charge >= 0.3 is 11.9 Å². The number of Topliss-reactive ketones (excluding diaryl/α,β-unsaturated/α-hetero) is 1. The Labute approximate surface area is 182 Å². The molecular formula is C21H16Cl2O5S. The van der Waals surface area contributed by atoms with Crippen molar-refractivity contribution in [2.45, 2.75) is 0 Å². The number of hydrogen-bond donors (Lipinski definition) is 0. The fraction of sp³-hybridized carbons (Fsp3) is 0.0952. The molecule has 8 heteroatoms. The van der Waals surface area contributed by atoms with E-state index in [4.69, 9.17) is 23.2 Å². The molecule has 0 unspecified atom stereocenters. The van der Waals surface area contributed by atoms with Gasteiger partial charge in [-0.05, 0) is 35.2 Å². The van der Waals surface area contributed by atoms with Crippen LogP contribution in [0.4, 0.5) is 0 Å². The molecule has 0 atom stereocenters. The van der Waals surface area contributed by atoms with Crippen LogP contribution in [0.5, 0.6) is 0 Å². The Hall–Kier alpha value is -2.54. The molecule has 2 rings (SSSR count). The largest absolute Gasteiger partial charge is 0.466 e. The zero-order valence-corrected chi connectivity index (χ0v) is 17.8. The molecule has 0 saturated carbocycles. The first kappa shape index (κ1) is 22.7. The standard InChI is InChI=1S/C21H16Cl2O5S/c1-27-19(24)11-18(21(26)28-2)29-12-17(13-5-3-7-15(22)9-13)20(25)14-6-4-8-16(23)10-14/h3-12H,1-2H3/b17-12+,18-11-. The number of esters is 2. The molecule has 5 nitrogen and oxygen atoms in total. The Balaban J connectivity index is 2.51. The van der Waals surface area contributed by atoms with Gasteiger partial charge in [-0.25, -0.2) is 9.59 Å². The third-order valence-electron chi connectivity index (χ3n) is 3.61. The number of carbonyl (C=O) groups excluding carboxylic acids is 3. The van der Waals surface area contributed by atoms with Crippen molar-refractivity contribution in [3.05, 3.63) is 86.1 Å². The van der Waals surface area contributed by atoms with Gasteiger partial charge in [0, 0.05) is 27.3 Å². The monoisotopic (exact) mass is 450 g/mol. The number of ketones is 1. The van der Waals surface area contributed by atoms with E-state index in [1.165, 1.54) is 19.6 Å². The van der Waals surface area contributed by atoms with Crippen LogP contribution in [0.1, 0.15) is 15.9 Å². The summed E-state index contributed by atoms with van der Waals surface area (Å²) in [6.07, 6.45) is 0.993. The first-order chi connectivity index (χ1) is 13.8. The molecule has 0 amide bonds. The summed E-state index contributed by atoms with van der Waals surface area (Å²) in [6, 6.07) is 13.2. The summed E-state index contributed by atoms with van der Waals surface area (Å²) in [5.41, 5.74) is 1.16. The van der Waals surface area contributed by atoms with Crippen molar-refractivity contribution in [1.29, 1.82) is 0 Å². The molecule has 0 bridgehead atoms. The predicted octanol–water partition coefficient (Wildman–Crippen LogP) is 5.18. The maximum Gasteiger partial charge on any atom is 0.344 e. The fourth-order valence-electron chi connectivity index (χ4n) is 2.22. The third kappa shape index (κ3) is 6.49. The van der Waals surface area contributed by atoms with E-state index in [9.17, 15) is 14.4 Å². The van der Waals surface area contributed by atoms with Gasteiger partial charge in [0.2, 0.25) is 0 Å². The number of carbonyl (C=O) groups is 3. The molecule has 2 aromatic rings. The van der Waals surface area contributed by atoms with Crippen LogP contribution in [-0.2, 0) is 19.1 Å². The van der Waals surface area contributed by atoms with Crippen LogP contribution in [0.25, 0.3) is 5.57 Å². The maximum absolute atomic E-state index is 13.1. The van der Waals surface area contributed by atoms with E-state index in [2.05, 4.69) is 9.47 Å². The summed E-state index contributed by atoms with van der Waals surface area (Å²) in [4.78, 5) is 36.6. The number of halogens is 2. The minimum atomic E-state index is -0.739. The van der Waals surface area contributed by atoms with Crippen molar-refractivity contribution in [3.63, 3.8) is 0 Å². The average molecular weight is 451 g/mol. The molecule has 29 heavy (non-hydrogen) atoms. The molecular weight excluding hydrogens is 435 g/mol. The number of methoxy groups -OCH3 is 2. The molecule has 0 heterocycles. The Morgan fingerprint density at radius 2 is 1.48 bits per heavy atom. The molecule has 0 saturated heterocycles. The van der Waals surface area contributed by atoms with Crippen LogP contribution in [-0.4, -0.2) is 31.9 Å². The second-order valence-corrected chi connectivity index (χ2v) is 7.31. The van der Waals surface area contributed by atoms with E-state index in [1.807, 2.05) is 0 Å². The second kappa shape index (κ2) is 10.9. The lowest BCUT2D eigenvalue weighted by Gasteiger charge is -2.09. The van der Waals surface area contributed by atoms with Gasteiger partial charge in [-0.3, -0.25) is 4.79 Å². The van der Waals surface area contributed by atoms with E-state index in [0.29, 0.717) is 21.2 Å². The van der Waals surface area contributed by atoms with Gasteiger partial charge in [0.25, 0.3) is 0 Å². The zero-order chi connectivity index (χ0) is 21.4. The van der Waals surface area contributed by atoms with Gasteiger partial charge in [-0.15, -0.1) is 0 Å². The molecule has 0 aliphatic rings. The fourth-order valence-corrected chi connectivity index (χ4v) is 3.44. The van der Waals surface area contributed by atoms with Crippen LogP contribution in [0.3, 0.4) is 0 Å². The summed E-state index contributed by atoms with van der Waals surface area (Å²) in [5, 5.41) is 2.31. The van der Waals surface area contributed by atoms with Gasteiger partial charge in [0.05, 0.1) is 14.2 Å². The Kier molecular flexibility index (Phi) is 8.51. The molecule has 0 N–H and O–H groups in total. The van der Waals surface area contributed by atoms with Crippen LogP contribution >= 0.6 is 35.0 Å². The van der Waals surface area contributed by atoms with Gasteiger partial charge < -0.3 is 9.47 Å². The number of benzene rings is 2. The molecule has 0 fully saturated rings. The molecule has 0 aliphatic heterocycles. The van der Waals surface area contributed by atoms with Gasteiger partial charge in [0.15, 0.2) is 5.78 Å². The Morgan fingerprint density at radius 1 is 0.897 bits per heavy atom. The summed E-state index contributed by atoms with van der Waals surface area (Å²) in [5.74, 6) is -1.79. The van der Waals surface area contributed by atoms with Crippen molar-refractivity contribution in [2.24, 2.45) is 0 Å². The van der Waals surface area contributed by atoms with E-state index in [1.54, 1.807) is 48.5 Å². The van der Waals surface area contributed by atoms with Crippen molar-refractivity contribution in [1.82, 2.24) is 0 Å². The highest BCUT2D eigenvalue weighted by molar-refractivity contribution is 8.06. The summed E-state index contributed by atoms with van der Waals surface area (Å²) in [7, 11) is 2.38. The Bertz CT molecular complexity index is 998.